The van der Waals surface area contributed by atoms with Crippen LogP contribution >= 0.6 is 38.6 Å². The fourth-order valence-corrected chi connectivity index (χ4v) is 5.77. The van der Waals surface area contributed by atoms with Gasteiger partial charge >= 0.3 is 0 Å². The minimum absolute atomic E-state index is 0.137. The Labute approximate surface area is 201 Å². The molecule has 5 rings (SSSR count). The fraction of sp³-hybridized carbons (Fsp3) is 0.0800. The lowest BCUT2D eigenvalue weighted by Gasteiger charge is -2.03. The molecule has 32 heavy (non-hydrogen) atoms. The first kappa shape index (κ1) is 21.0. The van der Waals surface area contributed by atoms with Crippen molar-refractivity contribution in [2.45, 2.75) is 12.8 Å². The van der Waals surface area contributed by atoms with Gasteiger partial charge in [-0.25, -0.2) is 9.97 Å². The topological polar surface area (TPSA) is 68.9 Å². The first-order chi connectivity index (χ1) is 15.5. The van der Waals surface area contributed by atoms with Crippen molar-refractivity contribution in [3.05, 3.63) is 87.8 Å². The molecule has 0 amide bonds. The van der Waals surface area contributed by atoms with Crippen LogP contribution in [0.4, 0.5) is 5.13 Å². The van der Waals surface area contributed by atoms with Crippen molar-refractivity contribution in [1.29, 1.82) is 0 Å². The Kier molecular flexibility index (Phi) is 5.87. The van der Waals surface area contributed by atoms with E-state index in [1.807, 2.05) is 60.7 Å². The van der Waals surface area contributed by atoms with Gasteiger partial charge in [0.15, 0.2) is 5.13 Å². The van der Waals surface area contributed by atoms with Gasteiger partial charge < -0.3 is 5.73 Å². The summed E-state index contributed by atoms with van der Waals surface area (Å²) in [4.78, 5) is 23.1. The molecule has 0 bridgehead atoms. The highest BCUT2D eigenvalue weighted by molar-refractivity contribution is 9.10. The maximum atomic E-state index is 12.9. The van der Waals surface area contributed by atoms with Crippen molar-refractivity contribution in [3.63, 3.8) is 0 Å². The molecule has 0 fully saturated rings. The summed E-state index contributed by atoms with van der Waals surface area (Å²) in [5.74, 6) is 0.137. The van der Waals surface area contributed by atoms with Crippen LogP contribution < -0.4 is 5.73 Å². The summed E-state index contributed by atoms with van der Waals surface area (Å²) in [6, 6.07) is 24.2. The second kappa shape index (κ2) is 8.94. The third-order valence-electron chi connectivity index (χ3n) is 5.04. The van der Waals surface area contributed by atoms with E-state index >= 15 is 0 Å². The molecule has 158 valence electrons. The number of halogens is 1. The highest BCUT2D eigenvalue weighted by Crippen LogP contribution is 2.37. The van der Waals surface area contributed by atoms with Crippen molar-refractivity contribution < 1.29 is 4.79 Å². The van der Waals surface area contributed by atoms with Gasteiger partial charge in [-0.1, -0.05) is 75.8 Å². The van der Waals surface area contributed by atoms with Gasteiger partial charge in [0.1, 0.15) is 10.8 Å². The molecule has 3 aromatic carbocycles. The number of carbonyl (C=O) groups is 1. The first-order valence-electron chi connectivity index (χ1n) is 10.0. The van der Waals surface area contributed by atoms with E-state index in [2.05, 4.69) is 33.0 Å². The smallest absolute Gasteiger partial charge is 0.181 e. The zero-order chi connectivity index (χ0) is 22.1. The minimum Gasteiger partial charge on any atom is -0.375 e. The summed E-state index contributed by atoms with van der Waals surface area (Å²) in [5, 5.41) is 1.37. The lowest BCUT2D eigenvalue weighted by molar-refractivity contribution is -0.117. The van der Waals surface area contributed by atoms with Crippen molar-refractivity contribution in [2.75, 3.05) is 5.73 Å². The minimum atomic E-state index is 0.137. The Morgan fingerprint density at radius 3 is 2.44 bits per heavy atom. The summed E-state index contributed by atoms with van der Waals surface area (Å²) in [6.45, 7) is 0. The maximum absolute atomic E-state index is 12.9. The molecule has 0 aliphatic heterocycles. The molecule has 0 spiro atoms. The molecule has 2 heterocycles. The van der Waals surface area contributed by atoms with Gasteiger partial charge in [-0.15, -0.1) is 11.3 Å². The summed E-state index contributed by atoms with van der Waals surface area (Å²) in [5.41, 5.74) is 10.7. The normalized spacial score (nSPS) is 11.2. The number of nitrogen functional groups attached to an aromatic ring is 1. The number of ketones is 1. The van der Waals surface area contributed by atoms with Crippen LogP contribution in [0.1, 0.15) is 10.6 Å². The lowest BCUT2D eigenvalue weighted by Crippen LogP contribution is -2.06. The predicted molar refractivity (Wildman–Crippen MR) is 137 cm³/mol. The van der Waals surface area contributed by atoms with Gasteiger partial charge in [-0.3, -0.25) is 4.79 Å². The highest BCUT2D eigenvalue weighted by atomic mass is 79.9. The third kappa shape index (κ3) is 4.50. The van der Waals surface area contributed by atoms with Crippen LogP contribution in [0.15, 0.2) is 77.3 Å². The van der Waals surface area contributed by atoms with Crippen LogP contribution in [0, 0.1) is 0 Å². The van der Waals surface area contributed by atoms with E-state index in [1.54, 1.807) is 11.3 Å². The number of carbonyl (C=O) groups excluding carboxylic acids is 1. The zero-order valence-electron chi connectivity index (χ0n) is 16.9. The van der Waals surface area contributed by atoms with Gasteiger partial charge in [-0.05, 0) is 35.4 Å². The molecule has 0 aliphatic rings. The van der Waals surface area contributed by atoms with Gasteiger partial charge in [-0.2, -0.15) is 0 Å². The van der Waals surface area contributed by atoms with Crippen LogP contribution in [0.5, 0.6) is 0 Å². The zero-order valence-corrected chi connectivity index (χ0v) is 20.1. The number of rotatable bonds is 6. The van der Waals surface area contributed by atoms with Gasteiger partial charge in [0.05, 0.1) is 27.2 Å². The van der Waals surface area contributed by atoms with E-state index in [0.717, 1.165) is 47.0 Å². The molecule has 0 saturated carbocycles. The van der Waals surface area contributed by atoms with Crippen LogP contribution in [0.2, 0.25) is 0 Å². The fourth-order valence-electron chi connectivity index (χ4n) is 3.58. The molecular weight excluding hydrogens is 502 g/mol. The van der Waals surface area contributed by atoms with E-state index in [-0.39, 0.29) is 5.78 Å². The highest BCUT2D eigenvalue weighted by Gasteiger charge is 2.17. The lowest BCUT2D eigenvalue weighted by atomic mass is 10.1. The molecule has 0 aliphatic carbocycles. The summed E-state index contributed by atoms with van der Waals surface area (Å²) in [6.07, 6.45) is 0.672. The maximum Gasteiger partial charge on any atom is 0.181 e. The van der Waals surface area contributed by atoms with Crippen LogP contribution in [-0.2, 0) is 17.6 Å². The quantitative estimate of drug-likeness (QED) is 0.268. The second-order valence-corrected chi connectivity index (χ2v) is 10.5. The Hall–Kier alpha value is -2.87. The molecule has 0 saturated heterocycles. The number of fused-ring (bicyclic) bond motifs is 1. The molecular formula is C25H18BrN3OS2. The molecule has 4 nitrogen and oxygen atoms in total. The van der Waals surface area contributed by atoms with Crippen molar-refractivity contribution in [3.8, 4) is 21.7 Å². The summed E-state index contributed by atoms with van der Waals surface area (Å²) < 4.78 is 2.03. The molecule has 2 N–H and O–H groups in total. The van der Waals surface area contributed by atoms with E-state index in [1.165, 1.54) is 11.3 Å². The van der Waals surface area contributed by atoms with Crippen LogP contribution in [-0.4, -0.2) is 15.8 Å². The number of nitrogens with two attached hydrogens (primary N) is 1. The molecule has 2 aromatic heterocycles. The Balaban J connectivity index is 1.42. The number of nitrogens with zero attached hydrogens (tertiary/aromatic N) is 2. The molecule has 7 heteroatoms. The predicted octanol–water partition coefficient (Wildman–Crippen LogP) is 6.79. The Morgan fingerprint density at radius 2 is 1.66 bits per heavy atom. The third-order valence-corrected chi connectivity index (χ3v) is 7.52. The van der Waals surface area contributed by atoms with Crippen LogP contribution in [0.25, 0.3) is 31.9 Å². The molecule has 0 radical (unpaired) electrons. The average molecular weight is 520 g/mol. The standard InChI is InChI=1S/C25H18BrN3OS2/c26-18-9-7-16(8-10-18)23-24(17-4-2-1-3-5-17)32-22(29-23)14-19(30)12-15-6-11-20-21(13-15)31-25(27)28-20/h1-11,13H,12,14H2,(H2,27,28). The summed E-state index contributed by atoms with van der Waals surface area (Å²) >= 11 is 6.52. The largest absolute Gasteiger partial charge is 0.375 e. The monoisotopic (exact) mass is 519 g/mol. The Bertz CT molecular complexity index is 1410. The Morgan fingerprint density at radius 1 is 0.875 bits per heavy atom. The molecule has 5 aromatic rings. The molecule has 0 unspecified atom stereocenters. The number of anilines is 1. The average Bonchev–Trinajstić information content (AvgIpc) is 3.37. The van der Waals surface area contributed by atoms with Crippen LogP contribution in [0.3, 0.4) is 0 Å². The SMILES string of the molecule is Nc1nc2ccc(CC(=O)Cc3nc(-c4ccc(Br)cc4)c(-c4ccccc4)s3)cc2s1. The first-order valence-corrected chi connectivity index (χ1v) is 12.5. The summed E-state index contributed by atoms with van der Waals surface area (Å²) in [7, 11) is 0. The number of aromatic nitrogens is 2. The van der Waals surface area contributed by atoms with Gasteiger partial charge in [0, 0.05) is 16.5 Å². The van der Waals surface area contributed by atoms with Crippen molar-refractivity contribution in [1.82, 2.24) is 9.97 Å². The number of hydrogen-bond donors (Lipinski definition) is 1. The van der Waals surface area contributed by atoms with Gasteiger partial charge in [0.25, 0.3) is 0 Å². The van der Waals surface area contributed by atoms with Crippen molar-refractivity contribution in [2.24, 2.45) is 0 Å². The van der Waals surface area contributed by atoms with E-state index in [4.69, 9.17) is 10.7 Å². The number of hydrogen-bond acceptors (Lipinski definition) is 6. The molecule has 0 atom stereocenters. The number of thiazole rings is 2. The van der Waals surface area contributed by atoms with E-state index in [9.17, 15) is 4.79 Å². The van der Waals surface area contributed by atoms with Crippen molar-refractivity contribution >= 4 is 59.7 Å². The van der Waals surface area contributed by atoms with E-state index in [0.29, 0.717) is 18.0 Å². The number of Topliss-reactive ketones (excluding diaryl/α,β-unsaturated/α-hetero) is 1. The van der Waals surface area contributed by atoms with Gasteiger partial charge in [0.2, 0.25) is 0 Å². The second-order valence-electron chi connectivity index (χ2n) is 7.40. The number of benzene rings is 3. The van der Waals surface area contributed by atoms with E-state index < -0.39 is 0 Å².